The molecule has 0 saturated carbocycles. The fourth-order valence-electron chi connectivity index (χ4n) is 1.32. The van der Waals surface area contributed by atoms with E-state index in [1.807, 2.05) is 19.1 Å². The van der Waals surface area contributed by atoms with Crippen molar-refractivity contribution in [2.45, 2.75) is 6.92 Å². The van der Waals surface area contributed by atoms with E-state index in [0.717, 1.165) is 5.56 Å². The van der Waals surface area contributed by atoms with Crippen LogP contribution in [0, 0.1) is 6.92 Å². The van der Waals surface area contributed by atoms with Crippen LogP contribution in [0.2, 0.25) is 0 Å². The van der Waals surface area contributed by atoms with E-state index in [4.69, 9.17) is 10.8 Å². The van der Waals surface area contributed by atoms with Gasteiger partial charge >= 0.3 is 5.97 Å². The molecule has 1 aromatic heterocycles. The second-order valence-electron chi connectivity index (χ2n) is 3.38. The van der Waals surface area contributed by atoms with E-state index < -0.39 is 5.97 Å². The van der Waals surface area contributed by atoms with E-state index in [2.05, 4.69) is 10.3 Å². The van der Waals surface area contributed by atoms with Crippen LogP contribution in [-0.4, -0.2) is 26.1 Å². The number of hydrogen-bond donors (Lipinski definition) is 2. The average molecular weight is 218 g/mol. The Kier molecular flexibility index (Phi) is 2.32. The van der Waals surface area contributed by atoms with Crippen LogP contribution >= 0.6 is 0 Å². The third-order valence-corrected chi connectivity index (χ3v) is 2.19. The number of nitrogen functional groups attached to an aromatic ring is 1. The summed E-state index contributed by atoms with van der Waals surface area (Å²) in [5.41, 5.74) is 7.18. The van der Waals surface area contributed by atoms with Crippen molar-refractivity contribution in [3.63, 3.8) is 0 Å². The van der Waals surface area contributed by atoms with Crippen LogP contribution in [0.3, 0.4) is 0 Å². The number of nitrogens with two attached hydrogens (primary N) is 1. The Labute approximate surface area is 91.3 Å². The fraction of sp³-hybridized carbons (Fsp3) is 0.100. The first-order valence-electron chi connectivity index (χ1n) is 4.61. The number of carbonyl (C=O) groups is 1. The number of anilines is 1. The zero-order valence-corrected chi connectivity index (χ0v) is 8.58. The normalized spacial score (nSPS) is 10.3. The Morgan fingerprint density at radius 2 is 2.00 bits per heavy atom. The molecule has 2 aromatic rings. The van der Waals surface area contributed by atoms with Crippen molar-refractivity contribution < 1.29 is 9.90 Å². The van der Waals surface area contributed by atoms with Gasteiger partial charge in [0.1, 0.15) is 0 Å². The summed E-state index contributed by atoms with van der Waals surface area (Å²) in [7, 11) is 0. The number of benzene rings is 1. The highest BCUT2D eigenvalue weighted by atomic mass is 16.4. The van der Waals surface area contributed by atoms with Gasteiger partial charge in [0.2, 0.25) is 5.69 Å². The number of carboxylic acids is 1. The molecule has 82 valence electrons. The summed E-state index contributed by atoms with van der Waals surface area (Å²) < 4.78 is 1.29. The summed E-state index contributed by atoms with van der Waals surface area (Å²) in [6, 6.07) is 7.37. The maximum atomic E-state index is 10.7. The SMILES string of the molecule is Cc1ccc(-n2nnc(C(=O)O)c2N)cc1. The first-order chi connectivity index (χ1) is 7.59. The maximum Gasteiger partial charge on any atom is 0.360 e. The molecule has 0 aliphatic carbocycles. The molecule has 6 heteroatoms. The van der Waals surface area contributed by atoms with E-state index in [1.54, 1.807) is 12.1 Å². The lowest BCUT2D eigenvalue weighted by molar-refractivity contribution is 0.0691. The Balaban J connectivity index is 2.49. The number of aryl methyl sites for hydroxylation is 1. The Bertz CT molecular complexity index is 530. The van der Waals surface area contributed by atoms with Crippen LogP contribution in [0.4, 0.5) is 5.82 Å². The van der Waals surface area contributed by atoms with E-state index in [9.17, 15) is 4.79 Å². The van der Waals surface area contributed by atoms with E-state index in [-0.39, 0.29) is 11.5 Å². The van der Waals surface area contributed by atoms with Gasteiger partial charge in [0.05, 0.1) is 5.69 Å². The number of carboxylic acid groups (broad SMARTS) is 1. The van der Waals surface area contributed by atoms with Crippen LogP contribution in [-0.2, 0) is 0 Å². The molecule has 1 heterocycles. The number of rotatable bonds is 2. The zero-order chi connectivity index (χ0) is 11.7. The lowest BCUT2D eigenvalue weighted by Gasteiger charge is -2.02. The summed E-state index contributed by atoms with van der Waals surface area (Å²) >= 11 is 0. The molecule has 0 fully saturated rings. The Morgan fingerprint density at radius 3 is 2.50 bits per heavy atom. The standard InChI is InChI=1S/C10H10N4O2/c1-6-2-4-7(5-3-6)14-9(11)8(10(15)16)12-13-14/h2-5H,11H2,1H3,(H,15,16). The number of aromatic carboxylic acids is 1. The number of nitrogens with zero attached hydrogens (tertiary/aromatic N) is 3. The van der Waals surface area contributed by atoms with Crippen molar-refractivity contribution >= 4 is 11.8 Å². The van der Waals surface area contributed by atoms with Gasteiger partial charge in [0.15, 0.2) is 5.82 Å². The van der Waals surface area contributed by atoms with Crippen LogP contribution in [0.15, 0.2) is 24.3 Å². The third-order valence-electron chi connectivity index (χ3n) is 2.19. The quantitative estimate of drug-likeness (QED) is 0.779. The Morgan fingerprint density at radius 1 is 1.38 bits per heavy atom. The van der Waals surface area contributed by atoms with Crippen LogP contribution < -0.4 is 5.73 Å². The predicted octanol–water partition coefficient (Wildman–Crippen LogP) is 0.856. The predicted molar refractivity (Wildman–Crippen MR) is 57.5 cm³/mol. The molecule has 2 rings (SSSR count). The van der Waals surface area contributed by atoms with Gasteiger partial charge in [-0.3, -0.25) is 0 Å². The van der Waals surface area contributed by atoms with Crippen molar-refractivity contribution in [3.8, 4) is 5.69 Å². The van der Waals surface area contributed by atoms with Crippen LogP contribution in [0.1, 0.15) is 16.1 Å². The lowest BCUT2D eigenvalue weighted by atomic mass is 10.2. The van der Waals surface area contributed by atoms with Gasteiger partial charge in [-0.1, -0.05) is 22.9 Å². The maximum absolute atomic E-state index is 10.7. The van der Waals surface area contributed by atoms with Crippen molar-refractivity contribution in [2.24, 2.45) is 0 Å². The van der Waals surface area contributed by atoms with Crippen LogP contribution in [0.5, 0.6) is 0 Å². The molecule has 0 atom stereocenters. The monoisotopic (exact) mass is 218 g/mol. The van der Waals surface area contributed by atoms with Crippen LogP contribution in [0.25, 0.3) is 5.69 Å². The van der Waals surface area contributed by atoms with Gasteiger partial charge < -0.3 is 10.8 Å². The van der Waals surface area contributed by atoms with Gasteiger partial charge in [-0.25, -0.2) is 4.79 Å². The highest BCUT2D eigenvalue weighted by Gasteiger charge is 2.16. The third kappa shape index (κ3) is 1.60. The van der Waals surface area contributed by atoms with Gasteiger partial charge in [-0.2, -0.15) is 4.68 Å². The molecule has 0 radical (unpaired) electrons. The Hall–Kier alpha value is -2.37. The van der Waals surface area contributed by atoms with Crippen molar-refractivity contribution in [1.29, 1.82) is 0 Å². The lowest BCUT2D eigenvalue weighted by Crippen LogP contribution is -2.05. The molecule has 0 amide bonds. The molecule has 3 N–H and O–H groups in total. The molecule has 0 aliphatic rings. The minimum Gasteiger partial charge on any atom is -0.476 e. The molecule has 0 bridgehead atoms. The second-order valence-corrected chi connectivity index (χ2v) is 3.38. The molecule has 16 heavy (non-hydrogen) atoms. The van der Waals surface area contributed by atoms with Gasteiger partial charge in [-0.05, 0) is 19.1 Å². The summed E-state index contributed by atoms with van der Waals surface area (Å²) in [5, 5.41) is 16.0. The van der Waals surface area contributed by atoms with Gasteiger partial charge in [-0.15, -0.1) is 5.10 Å². The minimum atomic E-state index is -1.18. The minimum absolute atomic E-state index is 0.0244. The molecule has 0 aliphatic heterocycles. The molecule has 6 nitrogen and oxygen atoms in total. The molecule has 0 unspecified atom stereocenters. The second kappa shape index (κ2) is 3.65. The topological polar surface area (TPSA) is 94.0 Å². The van der Waals surface area contributed by atoms with E-state index in [0.29, 0.717) is 5.69 Å². The highest BCUT2D eigenvalue weighted by molar-refractivity contribution is 5.90. The largest absolute Gasteiger partial charge is 0.476 e. The fourth-order valence-corrected chi connectivity index (χ4v) is 1.32. The van der Waals surface area contributed by atoms with E-state index >= 15 is 0 Å². The molecule has 1 aromatic carbocycles. The van der Waals surface area contributed by atoms with E-state index in [1.165, 1.54) is 4.68 Å². The summed E-state index contributed by atoms with van der Waals surface area (Å²) in [6.07, 6.45) is 0. The van der Waals surface area contributed by atoms with Crippen molar-refractivity contribution in [2.75, 3.05) is 5.73 Å². The molecular weight excluding hydrogens is 208 g/mol. The average Bonchev–Trinajstić information content (AvgIpc) is 2.61. The summed E-state index contributed by atoms with van der Waals surface area (Å²) in [4.78, 5) is 10.7. The molecule has 0 spiro atoms. The number of hydrogen-bond acceptors (Lipinski definition) is 4. The zero-order valence-electron chi connectivity index (χ0n) is 8.58. The van der Waals surface area contributed by atoms with Gasteiger partial charge in [0, 0.05) is 0 Å². The molecular formula is C10H10N4O2. The highest BCUT2D eigenvalue weighted by Crippen LogP contribution is 2.15. The smallest absolute Gasteiger partial charge is 0.360 e. The summed E-state index contributed by atoms with van der Waals surface area (Å²) in [6.45, 7) is 1.96. The first kappa shape index (κ1) is 10.2. The first-order valence-corrected chi connectivity index (χ1v) is 4.61. The van der Waals surface area contributed by atoms with Crippen molar-refractivity contribution in [3.05, 3.63) is 35.5 Å². The number of aromatic nitrogens is 3. The molecule has 0 saturated heterocycles. The summed E-state index contributed by atoms with van der Waals surface area (Å²) in [5.74, 6) is -1.16. The van der Waals surface area contributed by atoms with Crippen molar-refractivity contribution in [1.82, 2.24) is 15.0 Å². The van der Waals surface area contributed by atoms with Gasteiger partial charge in [0.25, 0.3) is 0 Å².